The van der Waals surface area contributed by atoms with E-state index in [2.05, 4.69) is 15.6 Å². The van der Waals surface area contributed by atoms with Crippen LogP contribution in [0.2, 0.25) is 0 Å². The highest BCUT2D eigenvalue weighted by molar-refractivity contribution is 7.90. The van der Waals surface area contributed by atoms with Crippen LogP contribution in [0, 0.1) is 6.92 Å². The van der Waals surface area contributed by atoms with E-state index in [1.165, 1.54) is 0 Å². The molecule has 2 rings (SSSR count). The molecule has 0 bridgehead atoms. The van der Waals surface area contributed by atoms with Crippen LogP contribution in [0.25, 0.3) is 0 Å². The highest BCUT2D eigenvalue weighted by atomic mass is 32.2. The average Bonchev–Trinajstić information content (AvgIpc) is 2.65. The second-order valence-corrected chi connectivity index (χ2v) is 8.75. The molecule has 1 aliphatic heterocycles. The van der Waals surface area contributed by atoms with E-state index in [4.69, 9.17) is 4.74 Å². The number of ether oxygens (including phenoxy) is 1. The normalized spacial score (nSPS) is 17.2. The molecule has 1 heterocycles. The van der Waals surface area contributed by atoms with Gasteiger partial charge in [-0.1, -0.05) is 6.07 Å². The minimum absolute atomic E-state index is 0.167. The fraction of sp³-hybridized carbons (Fsp3) is 0.611. The smallest absolute Gasteiger partial charge is 0.497 e. The van der Waals surface area contributed by atoms with E-state index in [1.807, 2.05) is 32.0 Å². The Hall–Kier alpha value is -2.01. The number of halogens is 3. The van der Waals surface area contributed by atoms with E-state index < -0.39 is 15.5 Å². The van der Waals surface area contributed by atoms with Crippen LogP contribution >= 0.6 is 0 Å². The maximum atomic E-state index is 12.7. The third-order valence-corrected chi connectivity index (χ3v) is 6.17. The molecule has 1 aromatic rings. The predicted octanol–water partition coefficient (Wildman–Crippen LogP) is 2.37. The molecule has 0 spiro atoms. The molecule has 1 aromatic carbocycles. The van der Waals surface area contributed by atoms with Gasteiger partial charge in [0.15, 0.2) is 5.96 Å². The number of hydrogen-bond acceptors (Lipinski definition) is 4. The van der Waals surface area contributed by atoms with Crippen LogP contribution in [0.1, 0.15) is 30.9 Å². The van der Waals surface area contributed by atoms with Crippen molar-refractivity contribution in [3.8, 4) is 5.75 Å². The van der Waals surface area contributed by atoms with Crippen LogP contribution in [0.4, 0.5) is 13.2 Å². The van der Waals surface area contributed by atoms with Crippen molar-refractivity contribution in [2.45, 2.75) is 44.8 Å². The Morgan fingerprint density at radius 2 is 1.93 bits per heavy atom. The van der Waals surface area contributed by atoms with Crippen LogP contribution < -0.4 is 15.4 Å². The van der Waals surface area contributed by atoms with Crippen molar-refractivity contribution < 1.29 is 26.3 Å². The number of benzene rings is 1. The molecule has 1 aliphatic rings. The van der Waals surface area contributed by atoms with E-state index in [9.17, 15) is 21.6 Å². The number of methoxy groups -OCH3 is 1. The van der Waals surface area contributed by atoms with Crippen molar-refractivity contribution >= 4 is 16.0 Å². The molecule has 1 fully saturated rings. The number of sulfonamides is 1. The molecule has 1 saturated heterocycles. The first-order valence-electron chi connectivity index (χ1n) is 9.32. The molecule has 0 unspecified atom stereocenters. The molecule has 2 N–H and O–H groups in total. The Labute approximate surface area is 169 Å². The number of nitrogens with zero attached hydrogens (tertiary/aromatic N) is 2. The zero-order valence-electron chi connectivity index (χ0n) is 16.7. The van der Waals surface area contributed by atoms with Gasteiger partial charge in [0.2, 0.25) is 0 Å². The van der Waals surface area contributed by atoms with E-state index in [0.717, 1.165) is 16.9 Å². The van der Waals surface area contributed by atoms with Crippen LogP contribution in [0.5, 0.6) is 5.75 Å². The minimum Gasteiger partial charge on any atom is -0.497 e. The maximum absolute atomic E-state index is 12.7. The summed E-state index contributed by atoms with van der Waals surface area (Å²) in [6.07, 6.45) is 0.524. The van der Waals surface area contributed by atoms with Gasteiger partial charge < -0.3 is 15.4 Å². The van der Waals surface area contributed by atoms with E-state index in [-0.39, 0.29) is 32.0 Å². The number of rotatable bonds is 6. The number of aliphatic imine (C=N–C) groups is 1. The summed E-state index contributed by atoms with van der Waals surface area (Å²) in [5, 5.41) is 6.29. The van der Waals surface area contributed by atoms with Crippen molar-refractivity contribution in [2.75, 3.05) is 26.7 Å². The number of aryl methyl sites for hydroxylation is 1. The Kier molecular flexibility index (Phi) is 7.75. The molecule has 0 atom stereocenters. The van der Waals surface area contributed by atoms with Crippen LogP contribution in [-0.4, -0.2) is 57.0 Å². The lowest BCUT2D eigenvalue weighted by atomic mass is 10.1. The first-order valence-corrected chi connectivity index (χ1v) is 10.8. The van der Waals surface area contributed by atoms with Crippen LogP contribution in [0.15, 0.2) is 23.2 Å². The zero-order valence-corrected chi connectivity index (χ0v) is 17.5. The predicted molar refractivity (Wildman–Crippen MR) is 105 cm³/mol. The lowest BCUT2D eigenvalue weighted by Gasteiger charge is -2.32. The molecule has 29 heavy (non-hydrogen) atoms. The van der Waals surface area contributed by atoms with Gasteiger partial charge in [0.05, 0.1) is 13.7 Å². The first-order chi connectivity index (χ1) is 13.6. The van der Waals surface area contributed by atoms with Crippen molar-refractivity contribution in [3.05, 3.63) is 29.3 Å². The molecular formula is C18H27F3N4O3S. The molecule has 7 nitrogen and oxygen atoms in total. The van der Waals surface area contributed by atoms with Gasteiger partial charge in [0.1, 0.15) is 5.75 Å². The van der Waals surface area contributed by atoms with Crippen molar-refractivity contribution in [2.24, 2.45) is 4.99 Å². The second kappa shape index (κ2) is 9.66. The standard InChI is InChI=1S/C18H27F3N4O3S/c1-4-22-17(23-12-14-9-13(2)10-16(11-14)28-3)24-15-5-7-25(8-6-15)29(26,27)18(19,20)21/h9-11,15H,4-8,12H2,1-3H3,(H2,22,23,24). The SMILES string of the molecule is CCNC(=NCc1cc(C)cc(OC)c1)NC1CCN(S(=O)(=O)C(F)(F)F)CC1. The summed E-state index contributed by atoms with van der Waals surface area (Å²) in [4.78, 5) is 4.53. The van der Waals surface area contributed by atoms with Crippen molar-refractivity contribution in [3.63, 3.8) is 0 Å². The summed E-state index contributed by atoms with van der Waals surface area (Å²) in [5.74, 6) is 1.27. The van der Waals surface area contributed by atoms with Gasteiger partial charge in [0.25, 0.3) is 0 Å². The largest absolute Gasteiger partial charge is 0.511 e. The number of nitrogens with one attached hydrogen (secondary N) is 2. The van der Waals surface area contributed by atoms with E-state index in [1.54, 1.807) is 7.11 Å². The molecule has 0 aromatic heterocycles. The third kappa shape index (κ3) is 6.23. The Morgan fingerprint density at radius 3 is 2.48 bits per heavy atom. The Bertz CT molecular complexity index is 820. The summed E-state index contributed by atoms with van der Waals surface area (Å²) < 4.78 is 66.8. The van der Waals surface area contributed by atoms with Gasteiger partial charge in [-0.2, -0.15) is 17.5 Å². The quantitative estimate of drug-likeness (QED) is 0.529. The summed E-state index contributed by atoms with van der Waals surface area (Å²) in [7, 11) is -3.67. The number of alkyl halides is 3. The van der Waals surface area contributed by atoms with Crippen molar-refractivity contribution in [1.82, 2.24) is 14.9 Å². The van der Waals surface area contributed by atoms with Gasteiger partial charge in [-0.3, -0.25) is 0 Å². The molecule has 11 heteroatoms. The van der Waals surface area contributed by atoms with Crippen LogP contribution in [-0.2, 0) is 16.6 Å². The Morgan fingerprint density at radius 1 is 1.28 bits per heavy atom. The topological polar surface area (TPSA) is 83.0 Å². The summed E-state index contributed by atoms with van der Waals surface area (Å²) >= 11 is 0. The van der Waals surface area contributed by atoms with Gasteiger partial charge in [-0.05, 0) is 49.9 Å². The first kappa shape index (κ1) is 23.3. The van der Waals surface area contributed by atoms with Gasteiger partial charge in [-0.25, -0.2) is 13.4 Å². The average molecular weight is 437 g/mol. The monoisotopic (exact) mass is 436 g/mol. The fourth-order valence-electron chi connectivity index (χ4n) is 3.10. The summed E-state index contributed by atoms with van der Waals surface area (Å²) in [6, 6.07) is 5.63. The zero-order chi connectivity index (χ0) is 21.7. The molecular weight excluding hydrogens is 409 g/mol. The molecule has 0 saturated carbocycles. The maximum Gasteiger partial charge on any atom is 0.511 e. The minimum atomic E-state index is -5.27. The van der Waals surface area contributed by atoms with Crippen LogP contribution in [0.3, 0.4) is 0 Å². The second-order valence-electron chi connectivity index (χ2n) is 6.82. The lowest BCUT2D eigenvalue weighted by molar-refractivity contribution is -0.0494. The number of guanidine groups is 1. The number of piperidine rings is 1. The Balaban J connectivity index is 1.99. The summed E-state index contributed by atoms with van der Waals surface area (Å²) in [5.41, 5.74) is -3.26. The fourth-order valence-corrected chi connectivity index (χ4v) is 4.09. The lowest BCUT2D eigenvalue weighted by Crippen LogP contribution is -2.51. The van der Waals surface area contributed by atoms with Crippen molar-refractivity contribution in [1.29, 1.82) is 0 Å². The number of hydrogen-bond donors (Lipinski definition) is 2. The van der Waals surface area contributed by atoms with Gasteiger partial charge in [0, 0.05) is 25.7 Å². The molecule has 0 aliphatic carbocycles. The third-order valence-electron chi connectivity index (χ3n) is 4.54. The van der Waals surface area contributed by atoms with Gasteiger partial charge in [-0.15, -0.1) is 0 Å². The van der Waals surface area contributed by atoms with E-state index in [0.29, 0.717) is 23.4 Å². The molecule has 164 valence electrons. The highest BCUT2D eigenvalue weighted by Crippen LogP contribution is 2.29. The molecule has 0 amide bonds. The van der Waals surface area contributed by atoms with E-state index >= 15 is 0 Å². The molecule has 0 radical (unpaired) electrons. The van der Waals surface area contributed by atoms with Gasteiger partial charge >= 0.3 is 15.5 Å². The highest BCUT2D eigenvalue weighted by Gasteiger charge is 2.50. The summed E-state index contributed by atoms with van der Waals surface area (Å²) in [6.45, 7) is 4.51.